The van der Waals surface area contributed by atoms with Crippen LogP contribution >= 0.6 is 35.2 Å². The van der Waals surface area contributed by atoms with Crippen LogP contribution in [0.25, 0.3) is 11.2 Å². The van der Waals surface area contributed by atoms with Gasteiger partial charge in [-0.1, -0.05) is 53.4 Å². The van der Waals surface area contributed by atoms with Crippen molar-refractivity contribution in [3.63, 3.8) is 0 Å². The van der Waals surface area contributed by atoms with Gasteiger partial charge in [-0.25, -0.2) is 28.6 Å². The molecule has 58 heavy (non-hydrogen) atoms. The van der Waals surface area contributed by atoms with Gasteiger partial charge in [0.25, 0.3) is 0 Å². The first kappa shape index (κ1) is 50.2. The summed E-state index contributed by atoms with van der Waals surface area (Å²) in [5.41, 5.74) is 4.66. The molecule has 2 amide bonds. The van der Waals surface area contributed by atoms with E-state index in [2.05, 4.69) is 36.8 Å². The van der Waals surface area contributed by atoms with Gasteiger partial charge in [0.15, 0.2) is 23.2 Å². The average molecular weight is 908 g/mol. The van der Waals surface area contributed by atoms with Gasteiger partial charge in [0.05, 0.1) is 13.2 Å². The zero-order valence-corrected chi connectivity index (χ0v) is 36.2. The summed E-state index contributed by atoms with van der Waals surface area (Å²) in [4.78, 5) is 77.0. The highest BCUT2D eigenvalue weighted by molar-refractivity contribution is 7.99. The number of phosphoric acid groups is 3. The molecule has 1 aliphatic rings. The van der Waals surface area contributed by atoms with E-state index in [9.17, 15) is 53.1 Å². The fourth-order valence-corrected chi connectivity index (χ4v) is 9.32. The highest BCUT2D eigenvalue weighted by atomic mass is 32.2. The number of anilines is 1. The molecule has 2 aromatic rings. The van der Waals surface area contributed by atoms with E-state index in [4.69, 9.17) is 24.0 Å². The van der Waals surface area contributed by atoms with Gasteiger partial charge in [-0.15, -0.1) is 0 Å². The maximum atomic E-state index is 12.9. The van der Waals surface area contributed by atoms with Crippen LogP contribution in [0.4, 0.5) is 5.82 Å². The maximum Gasteiger partial charge on any atom is 0.481 e. The number of carbonyl (C=O) groups is 2. The van der Waals surface area contributed by atoms with Crippen LogP contribution in [0.15, 0.2) is 6.33 Å². The molecule has 0 bridgehead atoms. The van der Waals surface area contributed by atoms with Crippen LogP contribution in [0.3, 0.4) is 0 Å². The monoisotopic (exact) mass is 907 g/mol. The van der Waals surface area contributed by atoms with Gasteiger partial charge in [0.2, 0.25) is 11.8 Å². The van der Waals surface area contributed by atoms with Gasteiger partial charge < -0.3 is 50.9 Å². The summed E-state index contributed by atoms with van der Waals surface area (Å²) >= 11 is 1.73. The van der Waals surface area contributed by atoms with Crippen molar-refractivity contribution >= 4 is 64.0 Å². The number of unbranched alkanes of at least 4 members (excludes halogenated alkanes) is 4. The number of fused-ring (bicyclic) bond motifs is 1. The number of hydrogen-bond donors (Lipinski definition) is 9. The molecule has 27 heteroatoms. The number of aliphatic hydroxyl groups is 2. The summed E-state index contributed by atoms with van der Waals surface area (Å²) in [5, 5.41) is 27.0. The van der Waals surface area contributed by atoms with Gasteiger partial charge in [-0.2, -0.15) is 16.1 Å². The van der Waals surface area contributed by atoms with Crippen molar-refractivity contribution in [3.8, 4) is 0 Å². The van der Waals surface area contributed by atoms with Crippen LogP contribution in [0.1, 0.15) is 84.7 Å². The number of imidazole rings is 1. The predicted molar refractivity (Wildman–Crippen MR) is 210 cm³/mol. The Morgan fingerprint density at radius 2 is 1.67 bits per heavy atom. The molecule has 0 aliphatic carbocycles. The molecule has 3 heterocycles. The Hall–Kier alpha value is -2.11. The summed E-state index contributed by atoms with van der Waals surface area (Å²) in [6.45, 7) is 5.07. The number of amides is 2. The Bertz CT molecular complexity index is 1800. The zero-order chi connectivity index (χ0) is 43.3. The van der Waals surface area contributed by atoms with Crippen molar-refractivity contribution in [2.75, 3.05) is 43.5 Å². The third-order valence-electron chi connectivity index (χ3n) is 8.71. The van der Waals surface area contributed by atoms with Crippen LogP contribution in [-0.4, -0.2) is 123 Å². The molecule has 10 N–H and O–H groups in total. The number of carbonyl (C=O) groups excluding carboxylic acids is 2. The highest BCUT2D eigenvalue weighted by Crippen LogP contribution is 2.61. The molecule has 3 unspecified atom stereocenters. The first-order chi connectivity index (χ1) is 27.1. The standard InChI is InChI=1S/C31H56N7O16P3S/c1-5-7-9-11-21-37-23-27(32)35-19-36-28(23)38(21)30-24(40)25(53-55(43,44)45)20(52-30)17-50-56(46,47)54-57(48,49)51-18-31(3,4)26(41)29(42)34-13-12-22(39)33-14-16-58-15-10-8-6-2/h19-20,24-26,30,40-41H,5-18H2,1-4H3,(H,33,39)(H,34,42)(H,46,47)(H,48,49)(H2,32,35,36)(H2,43,44,45)/t20-,24-,25-,26?,30-/m1/s1. The number of thioether (sulfide) groups is 1. The number of rotatable bonds is 27. The number of ether oxygens (including phenoxy) is 1. The predicted octanol–water partition coefficient (Wildman–Crippen LogP) is 2.06. The number of nitrogens with zero attached hydrogens (tertiary/aromatic N) is 4. The van der Waals surface area contributed by atoms with E-state index in [1.165, 1.54) is 18.4 Å². The second-order valence-electron chi connectivity index (χ2n) is 14.1. The molecule has 332 valence electrons. The molecular formula is C31H56N7O16P3S. The van der Waals surface area contributed by atoms with Crippen LogP contribution in [0.5, 0.6) is 0 Å². The van der Waals surface area contributed by atoms with Crippen LogP contribution in [0, 0.1) is 5.41 Å². The molecular weight excluding hydrogens is 851 g/mol. The number of hydrogen-bond acceptors (Lipinski definition) is 17. The smallest absolute Gasteiger partial charge is 0.386 e. The normalized spacial score (nSPS) is 21.4. The lowest BCUT2D eigenvalue weighted by Crippen LogP contribution is -2.46. The van der Waals surface area contributed by atoms with Crippen molar-refractivity contribution in [2.45, 2.75) is 110 Å². The van der Waals surface area contributed by atoms with Crippen LogP contribution in [-0.2, 0) is 52.3 Å². The minimum Gasteiger partial charge on any atom is -0.386 e. The molecule has 0 saturated carbocycles. The Labute approximate surface area is 340 Å². The number of phosphoric ester groups is 3. The Morgan fingerprint density at radius 3 is 2.34 bits per heavy atom. The number of nitrogen functional groups attached to an aromatic ring is 1. The average Bonchev–Trinajstić information content (AvgIpc) is 3.64. The third-order valence-corrected chi connectivity index (χ3v) is 12.9. The fraction of sp³-hybridized carbons (Fsp3) is 0.774. The second kappa shape index (κ2) is 22.7. The molecule has 3 rings (SSSR count). The Morgan fingerprint density at radius 1 is 1.00 bits per heavy atom. The zero-order valence-electron chi connectivity index (χ0n) is 32.7. The maximum absolute atomic E-state index is 12.9. The van der Waals surface area contributed by atoms with E-state index >= 15 is 0 Å². The van der Waals surface area contributed by atoms with Gasteiger partial charge in [-0.3, -0.25) is 27.7 Å². The van der Waals surface area contributed by atoms with E-state index in [1.54, 1.807) is 11.8 Å². The van der Waals surface area contributed by atoms with E-state index < -0.39 is 78.6 Å². The molecule has 0 spiro atoms. The first-order valence-corrected chi connectivity index (χ1v) is 24.3. The lowest BCUT2D eigenvalue weighted by atomic mass is 9.87. The number of nitrogens with one attached hydrogen (secondary N) is 2. The molecule has 1 aliphatic heterocycles. The summed E-state index contributed by atoms with van der Waals surface area (Å²) in [6.07, 6.45) is -1.76. The van der Waals surface area contributed by atoms with Gasteiger partial charge >= 0.3 is 23.5 Å². The van der Waals surface area contributed by atoms with E-state index in [0.717, 1.165) is 49.9 Å². The van der Waals surface area contributed by atoms with Crippen molar-refractivity contribution in [2.24, 2.45) is 5.41 Å². The summed E-state index contributed by atoms with van der Waals surface area (Å²) < 4.78 is 63.5. The summed E-state index contributed by atoms with van der Waals surface area (Å²) in [7, 11) is -16.4. The van der Waals surface area contributed by atoms with Crippen molar-refractivity contribution in [1.82, 2.24) is 30.2 Å². The molecule has 1 saturated heterocycles. The second-order valence-corrected chi connectivity index (χ2v) is 19.6. The third kappa shape index (κ3) is 15.7. The molecule has 23 nitrogen and oxygen atoms in total. The minimum absolute atomic E-state index is 0.000493. The summed E-state index contributed by atoms with van der Waals surface area (Å²) in [5.74, 6) is 0.842. The lowest BCUT2D eigenvalue weighted by Gasteiger charge is -2.30. The highest BCUT2D eigenvalue weighted by Gasteiger charge is 2.51. The van der Waals surface area contributed by atoms with Crippen LogP contribution in [0.2, 0.25) is 0 Å². The summed E-state index contributed by atoms with van der Waals surface area (Å²) in [6, 6.07) is 0. The Balaban J connectivity index is 1.59. The molecule has 7 atom stereocenters. The van der Waals surface area contributed by atoms with E-state index in [1.807, 2.05) is 6.92 Å². The van der Waals surface area contributed by atoms with Gasteiger partial charge in [-0.05, 0) is 18.6 Å². The van der Waals surface area contributed by atoms with Crippen molar-refractivity contribution < 1.29 is 75.7 Å². The number of aryl methyl sites for hydroxylation is 1. The quantitative estimate of drug-likeness (QED) is 0.0457. The van der Waals surface area contributed by atoms with Crippen LogP contribution < -0.4 is 16.4 Å². The van der Waals surface area contributed by atoms with Gasteiger partial charge in [0.1, 0.15) is 36.6 Å². The SMILES string of the molecule is CCCCCSCCNC(=O)CCNC(=O)C(O)C(C)(C)COP(=O)(O)OP(=O)(O)OC[C@H]1O[C@@H](n2c(CCCCC)nc3c(N)ncnc32)[C@H](O)[C@@H]1OP(=O)(O)O. The van der Waals surface area contributed by atoms with Crippen molar-refractivity contribution in [1.29, 1.82) is 0 Å². The molecule has 1 fully saturated rings. The Kier molecular flexibility index (Phi) is 19.6. The molecule has 0 radical (unpaired) electrons. The number of nitrogens with two attached hydrogens (primary N) is 1. The topological polar surface area (TPSA) is 347 Å². The lowest BCUT2D eigenvalue weighted by molar-refractivity contribution is -0.137. The van der Waals surface area contributed by atoms with Crippen molar-refractivity contribution in [3.05, 3.63) is 12.2 Å². The molecule has 0 aromatic carbocycles. The molecule has 2 aromatic heterocycles. The first-order valence-electron chi connectivity index (χ1n) is 18.6. The van der Waals surface area contributed by atoms with E-state index in [-0.39, 0.29) is 35.9 Å². The number of aliphatic hydroxyl groups excluding tert-OH is 2. The van der Waals surface area contributed by atoms with Gasteiger partial charge in [0, 0.05) is 37.1 Å². The largest absolute Gasteiger partial charge is 0.481 e. The minimum atomic E-state index is -5.57. The fourth-order valence-electron chi connectivity index (χ4n) is 5.63. The van der Waals surface area contributed by atoms with E-state index in [0.29, 0.717) is 25.2 Å². The number of aromatic nitrogens is 4.